The molecule has 20 heavy (non-hydrogen) atoms. The molecule has 2 aromatic rings. The standard InChI is InChI=1S/C13H12BrClFN3O/c1-8(6-19-7-9(14)5-17-19)13(20)18-10-2-3-12(16)11(15)4-10/h2-5,7-8H,6H2,1H3,(H,18,20)/t8-/m0/s1. The van der Waals surface area contributed by atoms with Crippen LogP contribution < -0.4 is 5.32 Å². The molecule has 0 unspecified atom stereocenters. The normalized spacial score (nSPS) is 12.2. The van der Waals surface area contributed by atoms with Crippen LogP contribution in [0.1, 0.15) is 6.92 Å². The molecule has 0 bridgehead atoms. The quantitative estimate of drug-likeness (QED) is 0.903. The predicted octanol–water partition coefficient (Wildman–Crippen LogP) is 3.71. The van der Waals surface area contributed by atoms with E-state index in [2.05, 4.69) is 26.3 Å². The number of benzene rings is 1. The van der Waals surface area contributed by atoms with Gasteiger partial charge in [-0.15, -0.1) is 0 Å². The number of rotatable bonds is 4. The molecular formula is C13H12BrClFN3O. The summed E-state index contributed by atoms with van der Waals surface area (Å²) in [5, 5.41) is 6.76. The van der Waals surface area contributed by atoms with Crippen LogP contribution in [-0.4, -0.2) is 15.7 Å². The highest BCUT2D eigenvalue weighted by molar-refractivity contribution is 9.10. The van der Waals surface area contributed by atoms with E-state index in [1.165, 1.54) is 18.2 Å². The van der Waals surface area contributed by atoms with Gasteiger partial charge in [-0.2, -0.15) is 5.10 Å². The van der Waals surface area contributed by atoms with Gasteiger partial charge in [-0.3, -0.25) is 9.48 Å². The maximum absolute atomic E-state index is 13.0. The van der Waals surface area contributed by atoms with Gasteiger partial charge in [-0.05, 0) is 34.1 Å². The lowest BCUT2D eigenvalue weighted by Crippen LogP contribution is -2.24. The van der Waals surface area contributed by atoms with Gasteiger partial charge in [0.1, 0.15) is 5.82 Å². The molecule has 0 saturated carbocycles. The summed E-state index contributed by atoms with van der Waals surface area (Å²) >= 11 is 8.96. The van der Waals surface area contributed by atoms with Gasteiger partial charge in [0.2, 0.25) is 5.91 Å². The summed E-state index contributed by atoms with van der Waals surface area (Å²) < 4.78 is 15.6. The van der Waals surface area contributed by atoms with E-state index in [1.807, 2.05) is 0 Å². The average Bonchev–Trinajstić information content (AvgIpc) is 2.79. The third-order valence-electron chi connectivity index (χ3n) is 2.70. The lowest BCUT2D eigenvalue weighted by Gasteiger charge is -2.12. The molecule has 0 radical (unpaired) electrons. The Hall–Kier alpha value is -1.40. The molecule has 1 atom stereocenters. The zero-order valence-corrected chi connectivity index (χ0v) is 12.9. The van der Waals surface area contributed by atoms with Crippen molar-refractivity contribution in [3.63, 3.8) is 0 Å². The highest BCUT2D eigenvalue weighted by Crippen LogP contribution is 2.20. The van der Waals surface area contributed by atoms with Crippen LogP contribution >= 0.6 is 27.5 Å². The van der Waals surface area contributed by atoms with Crippen molar-refractivity contribution in [2.45, 2.75) is 13.5 Å². The van der Waals surface area contributed by atoms with Gasteiger partial charge in [0, 0.05) is 11.9 Å². The fraction of sp³-hybridized carbons (Fsp3) is 0.231. The summed E-state index contributed by atoms with van der Waals surface area (Å²) in [5.74, 6) is -0.982. The lowest BCUT2D eigenvalue weighted by molar-refractivity contribution is -0.119. The molecule has 1 aromatic carbocycles. The molecule has 0 saturated heterocycles. The van der Waals surface area contributed by atoms with E-state index in [9.17, 15) is 9.18 Å². The summed E-state index contributed by atoms with van der Waals surface area (Å²) in [6.45, 7) is 2.24. The van der Waals surface area contributed by atoms with E-state index in [1.54, 1.807) is 24.0 Å². The minimum absolute atomic E-state index is 0.0218. The first kappa shape index (κ1) is 15.0. The predicted molar refractivity (Wildman–Crippen MR) is 79.1 cm³/mol. The van der Waals surface area contributed by atoms with Crippen LogP contribution in [0.5, 0.6) is 0 Å². The van der Waals surface area contributed by atoms with E-state index >= 15 is 0 Å². The zero-order chi connectivity index (χ0) is 14.7. The Bertz CT molecular complexity index is 632. The molecule has 0 aliphatic rings. The molecule has 1 aromatic heterocycles. The van der Waals surface area contributed by atoms with Gasteiger partial charge < -0.3 is 5.32 Å². The second-order valence-electron chi connectivity index (χ2n) is 4.40. The van der Waals surface area contributed by atoms with Crippen LogP contribution in [0.15, 0.2) is 35.1 Å². The van der Waals surface area contributed by atoms with Crippen molar-refractivity contribution >= 4 is 39.1 Å². The Balaban J connectivity index is 1.98. The van der Waals surface area contributed by atoms with Gasteiger partial charge in [-0.25, -0.2) is 4.39 Å². The Morgan fingerprint density at radius 3 is 2.95 bits per heavy atom. The highest BCUT2D eigenvalue weighted by atomic mass is 79.9. The first-order valence-corrected chi connectivity index (χ1v) is 7.06. The molecule has 0 aliphatic heterocycles. The van der Waals surface area contributed by atoms with E-state index in [4.69, 9.17) is 11.6 Å². The Kier molecular flexibility index (Phi) is 4.77. The Morgan fingerprint density at radius 2 is 2.35 bits per heavy atom. The average molecular weight is 361 g/mol. The second kappa shape index (κ2) is 6.37. The maximum Gasteiger partial charge on any atom is 0.229 e. The van der Waals surface area contributed by atoms with Crippen LogP contribution in [0.25, 0.3) is 0 Å². The summed E-state index contributed by atoms with van der Waals surface area (Å²) in [7, 11) is 0. The number of halogens is 3. The first-order valence-electron chi connectivity index (χ1n) is 5.89. The van der Waals surface area contributed by atoms with Gasteiger partial charge in [-0.1, -0.05) is 18.5 Å². The zero-order valence-electron chi connectivity index (χ0n) is 10.6. The fourth-order valence-corrected chi connectivity index (χ4v) is 2.15. The summed E-state index contributed by atoms with van der Waals surface area (Å²) in [6.07, 6.45) is 3.45. The number of nitrogens with one attached hydrogen (secondary N) is 1. The minimum Gasteiger partial charge on any atom is -0.326 e. The third-order valence-corrected chi connectivity index (χ3v) is 3.40. The van der Waals surface area contributed by atoms with Crippen LogP contribution in [-0.2, 0) is 11.3 Å². The van der Waals surface area contributed by atoms with Crippen LogP contribution in [0.2, 0.25) is 5.02 Å². The summed E-state index contributed by atoms with van der Waals surface area (Å²) in [6, 6.07) is 4.07. The Labute approximate surface area is 129 Å². The number of anilines is 1. The molecule has 0 spiro atoms. The number of hydrogen-bond acceptors (Lipinski definition) is 2. The molecule has 0 fully saturated rings. The van der Waals surface area contributed by atoms with E-state index in [-0.39, 0.29) is 16.8 Å². The van der Waals surface area contributed by atoms with Crippen molar-refractivity contribution in [1.29, 1.82) is 0 Å². The largest absolute Gasteiger partial charge is 0.326 e. The van der Waals surface area contributed by atoms with Gasteiger partial charge in [0.05, 0.1) is 28.2 Å². The second-order valence-corrected chi connectivity index (χ2v) is 5.72. The molecule has 1 amide bonds. The van der Waals surface area contributed by atoms with E-state index in [0.29, 0.717) is 12.2 Å². The number of nitrogens with zero attached hydrogens (tertiary/aromatic N) is 2. The van der Waals surface area contributed by atoms with Crippen molar-refractivity contribution in [3.05, 3.63) is 45.9 Å². The first-order chi connectivity index (χ1) is 9.45. The summed E-state index contributed by atoms with van der Waals surface area (Å²) in [4.78, 5) is 12.0. The molecule has 106 valence electrons. The molecule has 1 heterocycles. The number of aromatic nitrogens is 2. The SMILES string of the molecule is C[C@@H](Cn1cc(Br)cn1)C(=O)Nc1ccc(F)c(Cl)c1. The van der Waals surface area contributed by atoms with Crippen LogP contribution in [0.3, 0.4) is 0 Å². The molecular weight excluding hydrogens is 349 g/mol. The van der Waals surface area contributed by atoms with E-state index in [0.717, 1.165) is 4.47 Å². The topological polar surface area (TPSA) is 46.9 Å². The maximum atomic E-state index is 13.0. The van der Waals surface area contributed by atoms with E-state index < -0.39 is 5.82 Å². The number of hydrogen-bond donors (Lipinski definition) is 1. The number of carbonyl (C=O) groups is 1. The van der Waals surface area contributed by atoms with Gasteiger partial charge >= 0.3 is 0 Å². The van der Waals surface area contributed by atoms with Gasteiger partial charge in [0.25, 0.3) is 0 Å². The fourth-order valence-electron chi connectivity index (χ4n) is 1.64. The third kappa shape index (κ3) is 3.80. The van der Waals surface area contributed by atoms with Crippen LogP contribution in [0, 0.1) is 11.7 Å². The van der Waals surface area contributed by atoms with Crippen molar-refractivity contribution in [3.8, 4) is 0 Å². The molecule has 1 N–H and O–H groups in total. The number of carbonyl (C=O) groups excluding carboxylic acids is 1. The lowest BCUT2D eigenvalue weighted by atomic mass is 10.1. The monoisotopic (exact) mass is 359 g/mol. The molecule has 4 nitrogen and oxygen atoms in total. The molecule has 0 aliphatic carbocycles. The minimum atomic E-state index is -0.515. The van der Waals surface area contributed by atoms with Crippen molar-refractivity contribution in [1.82, 2.24) is 9.78 Å². The van der Waals surface area contributed by atoms with Gasteiger partial charge in [0.15, 0.2) is 0 Å². The molecule has 2 rings (SSSR count). The smallest absolute Gasteiger partial charge is 0.229 e. The molecule has 7 heteroatoms. The van der Waals surface area contributed by atoms with Crippen molar-refractivity contribution in [2.24, 2.45) is 5.92 Å². The Morgan fingerprint density at radius 1 is 1.60 bits per heavy atom. The summed E-state index contributed by atoms with van der Waals surface area (Å²) in [5.41, 5.74) is 0.467. The number of amides is 1. The van der Waals surface area contributed by atoms with Crippen LogP contribution in [0.4, 0.5) is 10.1 Å². The van der Waals surface area contributed by atoms with Crippen molar-refractivity contribution < 1.29 is 9.18 Å². The highest BCUT2D eigenvalue weighted by Gasteiger charge is 2.15. The van der Waals surface area contributed by atoms with Crippen molar-refractivity contribution in [2.75, 3.05) is 5.32 Å².